The number of hydrogen-bond acceptors (Lipinski definition) is 5. The van der Waals surface area contributed by atoms with Gasteiger partial charge < -0.3 is 15.5 Å². The van der Waals surface area contributed by atoms with E-state index in [0.717, 1.165) is 11.2 Å². The fourth-order valence-corrected chi connectivity index (χ4v) is 1.29. The van der Waals surface area contributed by atoms with Crippen LogP contribution in [0.2, 0.25) is 0 Å². The number of hydrogen-bond donors (Lipinski definition) is 2. The van der Waals surface area contributed by atoms with Gasteiger partial charge in [0, 0.05) is 25.1 Å². The molecular formula is C9H15F2N3O2. The molecule has 0 saturated heterocycles. The molecule has 1 aliphatic rings. The molecule has 16 heavy (non-hydrogen) atoms. The fraction of sp³-hybridized carbons (Fsp3) is 0.667. The third-order valence-electron chi connectivity index (χ3n) is 2.32. The molecule has 5 nitrogen and oxygen atoms in total. The van der Waals surface area contributed by atoms with E-state index in [0.29, 0.717) is 0 Å². The monoisotopic (exact) mass is 235 g/mol. The number of ether oxygens (including phenoxy) is 1. The number of esters is 1. The van der Waals surface area contributed by atoms with Crippen LogP contribution in [0, 0.1) is 5.92 Å². The number of hydrazine groups is 1. The maximum Gasteiger partial charge on any atom is 0.357 e. The first-order valence-corrected chi connectivity index (χ1v) is 4.91. The zero-order valence-electron chi connectivity index (χ0n) is 8.95. The smallest absolute Gasteiger partial charge is 0.357 e. The number of rotatable bonds is 5. The minimum Gasteiger partial charge on any atom is -0.461 e. The predicted octanol–water partition coefficient (Wildman–Crippen LogP) is 0.180. The van der Waals surface area contributed by atoms with Crippen LogP contribution >= 0.6 is 0 Å². The number of nitrogens with two attached hydrogens (primary N) is 2. The average molecular weight is 235 g/mol. The number of carbonyl (C=O) groups excluding carboxylic acids is 1. The van der Waals surface area contributed by atoms with Gasteiger partial charge in [-0.05, 0) is 6.92 Å². The van der Waals surface area contributed by atoms with Crippen molar-refractivity contribution in [2.45, 2.75) is 19.3 Å². The highest BCUT2D eigenvalue weighted by molar-refractivity contribution is 5.87. The van der Waals surface area contributed by atoms with Crippen LogP contribution in [0.15, 0.2) is 11.9 Å². The number of alkyl halides is 2. The van der Waals surface area contributed by atoms with Crippen LogP contribution in [0.25, 0.3) is 0 Å². The zero-order chi connectivity index (χ0) is 12.3. The second-order valence-corrected chi connectivity index (χ2v) is 3.59. The summed E-state index contributed by atoms with van der Waals surface area (Å²) >= 11 is 0. The van der Waals surface area contributed by atoms with Crippen molar-refractivity contribution >= 4 is 5.97 Å². The van der Waals surface area contributed by atoms with Gasteiger partial charge in [-0.15, -0.1) is 0 Å². The van der Waals surface area contributed by atoms with Crippen molar-refractivity contribution in [3.8, 4) is 0 Å². The molecule has 0 heterocycles. The Morgan fingerprint density at radius 2 is 2.25 bits per heavy atom. The molecule has 1 saturated carbocycles. The van der Waals surface area contributed by atoms with Crippen molar-refractivity contribution in [3.05, 3.63) is 11.9 Å². The Morgan fingerprint density at radius 1 is 1.69 bits per heavy atom. The van der Waals surface area contributed by atoms with E-state index in [2.05, 4.69) is 4.74 Å². The molecule has 0 aliphatic heterocycles. The van der Waals surface area contributed by atoms with Gasteiger partial charge in [0.15, 0.2) is 5.70 Å². The summed E-state index contributed by atoms with van der Waals surface area (Å²) in [5, 5.41) is 0.906. The minimum absolute atomic E-state index is 0.107. The van der Waals surface area contributed by atoms with Crippen LogP contribution in [0.4, 0.5) is 8.78 Å². The Kier molecular flexibility index (Phi) is 3.69. The largest absolute Gasteiger partial charge is 0.461 e. The van der Waals surface area contributed by atoms with Crippen molar-refractivity contribution in [1.82, 2.24) is 5.01 Å². The molecule has 1 aliphatic carbocycles. The van der Waals surface area contributed by atoms with Crippen molar-refractivity contribution < 1.29 is 18.3 Å². The molecule has 1 unspecified atom stereocenters. The molecular weight excluding hydrogens is 220 g/mol. The van der Waals surface area contributed by atoms with Gasteiger partial charge >= 0.3 is 5.97 Å². The van der Waals surface area contributed by atoms with Gasteiger partial charge in [0.25, 0.3) is 5.92 Å². The summed E-state index contributed by atoms with van der Waals surface area (Å²) in [5.41, 5.74) is 5.09. The first-order chi connectivity index (χ1) is 7.42. The van der Waals surface area contributed by atoms with Crippen LogP contribution in [-0.4, -0.2) is 30.1 Å². The normalized spacial score (nSPS) is 22.8. The lowest BCUT2D eigenvalue weighted by molar-refractivity contribution is -0.140. The van der Waals surface area contributed by atoms with E-state index >= 15 is 0 Å². The quantitative estimate of drug-likeness (QED) is 0.307. The summed E-state index contributed by atoms with van der Waals surface area (Å²) in [6.45, 7) is 1.68. The van der Waals surface area contributed by atoms with Gasteiger partial charge in [-0.3, -0.25) is 0 Å². The maximum absolute atomic E-state index is 12.6. The molecule has 4 N–H and O–H groups in total. The molecule has 0 spiro atoms. The fourth-order valence-electron chi connectivity index (χ4n) is 1.29. The number of nitrogens with zero attached hydrogens (tertiary/aromatic N) is 1. The molecule has 0 bridgehead atoms. The lowest BCUT2D eigenvalue weighted by Crippen LogP contribution is -2.37. The molecule has 1 fully saturated rings. The molecule has 0 radical (unpaired) electrons. The first-order valence-electron chi connectivity index (χ1n) is 4.91. The minimum atomic E-state index is -2.67. The highest BCUT2D eigenvalue weighted by atomic mass is 19.3. The van der Waals surface area contributed by atoms with E-state index in [1.165, 1.54) is 0 Å². The Labute approximate surface area is 92.0 Å². The van der Waals surface area contributed by atoms with Gasteiger partial charge in [0.1, 0.15) is 0 Å². The van der Waals surface area contributed by atoms with Crippen LogP contribution in [0.1, 0.15) is 13.3 Å². The van der Waals surface area contributed by atoms with E-state index in [4.69, 9.17) is 11.6 Å². The Bertz CT molecular complexity index is 307. The van der Waals surface area contributed by atoms with Crippen molar-refractivity contribution in [1.29, 1.82) is 0 Å². The van der Waals surface area contributed by atoms with Crippen molar-refractivity contribution in [2.24, 2.45) is 17.5 Å². The Hall–Kier alpha value is -1.37. The van der Waals surface area contributed by atoms with E-state index in [-0.39, 0.29) is 25.3 Å². The molecule has 0 aromatic carbocycles. The van der Waals surface area contributed by atoms with Crippen molar-refractivity contribution in [3.63, 3.8) is 0 Å². The molecule has 1 rings (SSSR count). The highest BCUT2D eigenvalue weighted by Crippen LogP contribution is 2.48. The summed E-state index contributed by atoms with van der Waals surface area (Å²) < 4.78 is 29.9. The second kappa shape index (κ2) is 4.65. The SMILES string of the molecule is CCOC(=O)/C(=C/N)N(N)CC1CC1(F)F. The maximum atomic E-state index is 12.6. The van der Waals surface area contributed by atoms with Crippen LogP contribution in [0.5, 0.6) is 0 Å². The molecule has 92 valence electrons. The van der Waals surface area contributed by atoms with E-state index in [9.17, 15) is 13.6 Å². The van der Waals surface area contributed by atoms with Gasteiger partial charge in [-0.1, -0.05) is 0 Å². The molecule has 0 aromatic heterocycles. The standard InChI is InChI=1S/C9H15F2N3O2/c1-2-16-8(15)7(4-12)14(13)5-6-3-9(6,10)11/h4,6H,2-3,5,12-13H2,1H3/b7-4-. The van der Waals surface area contributed by atoms with E-state index in [1.807, 2.05) is 0 Å². The topological polar surface area (TPSA) is 81.6 Å². The zero-order valence-corrected chi connectivity index (χ0v) is 8.95. The highest BCUT2D eigenvalue weighted by Gasteiger charge is 2.57. The van der Waals surface area contributed by atoms with Gasteiger partial charge in [-0.25, -0.2) is 19.4 Å². The van der Waals surface area contributed by atoms with Gasteiger partial charge in [0.05, 0.1) is 6.61 Å². The van der Waals surface area contributed by atoms with Crippen molar-refractivity contribution in [2.75, 3.05) is 13.2 Å². The first kappa shape index (κ1) is 12.7. The predicted molar refractivity (Wildman–Crippen MR) is 52.9 cm³/mol. The Balaban J connectivity index is 2.51. The number of carbonyl (C=O) groups is 1. The van der Waals surface area contributed by atoms with Crippen LogP contribution in [0.3, 0.4) is 0 Å². The molecule has 1 atom stereocenters. The van der Waals surface area contributed by atoms with Gasteiger partial charge in [0.2, 0.25) is 0 Å². The summed E-state index contributed by atoms with van der Waals surface area (Å²) in [7, 11) is 0. The molecule has 7 heteroatoms. The summed E-state index contributed by atoms with van der Waals surface area (Å²) in [6.07, 6.45) is 0.750. The third-order valence-corrected chi connectivity index (χ3v) is 2.32. The molecule has 0 aromatic rings. The number of halogens is 2. The lowest BCUT2D eigenvalue weighted by atomic mass is 10.3. The van der Waals surface area contributed by atoms with Crippen LogP contribution < -0.4 is 11.6 Å². The average Bonchev–Trinajstić information content (AvgIpc) is 2.74. The van der Waals surface area contributed by atoms with Gasteiger partial charge in [-0.2, -0.15) is 0 Å². The lowest BCUT2D eigenvalue weighted by Gasteiger charge is -2.19. The van der Waals surface area contributed by atoms with E-state index < -0.39 is 17.8 Å². The summed E-state index contributed by atoms with van der Waals surface area (Å²) in [5.74, 6) is 1.27. The summed E-state index contributed by atoms with van der Waals surface area (Å²) in [4.78, 5) is 11.3. The molecule has 0 amide bonds. The van der Waals surface area contributed by atoms with E-state index in [1.54, 1.807) is 6.92 Å². The second-order valence-electron chi connectivity index (χ2n) is 3.59. The van der Waals surface area contributed by atoms with Crippen LogP contribution in [-0.2, 0) is 9.53 Å². The summed E-state index contributed by atoms with van der Waals surface area (Å²) in [6, 6.07) is 0. The Morgan fingerprint density at radius 3 is 2.62 bits per heavy atom. The third kappa shape index (κ3) is 2.82.